The van der Waals surface area contributed by atoms with Crippen molar-refractivity contribution in [1.82, 2.24) is 10.1 Å². The summed E-state index contributed by atoms with van der Waals surface area (Å²) in [4.78, 5) is 3.85. The topological polar surface area (TPSA) is 74.7 Å². The van der Waals surface area contributed by atoms with Crippen molar-refractivity contribution >= 4 is 17.3 Å². The molecule has 0 saturated heterocycles. The number of hydrogen-bond acceptors (Lipinski definition) is 5. The second kappa shape index (κ2) is 4.64. The molecule has 0 spiro atoms. The zero-order valence-corrected chi connectivity index (χ0v) is 8.90. The van der Waals surface area contributed by atoms with Crippen LogP contribution in [0.2, 0.25) is 5.02 Å². The first-order valence-electron chi connectivity index (χ1n) is 4.48. The first-order valence-corrected chi connectivity index (χ1v) is 4.86. The standard InChI is InChI=1S/C10H7ClN4O/c11-8-2-1-7(4-12)9(3-8)13-5-10-14-6-16-15-10/h1-3,6,13H,5H2. The summed E-state index contributed by atoms with van der Waals surface area (Å²) in [6.45, 7) is 0.380. The highest BCUT2D eigenvalue weighted by Crippen LogP contribution is 2.20. The molecule has 2 rings (SSSR count). The van der Waals surface area contributed by atoms with Crippen molar-refractivity contribution in [2.75, 3.05) is 5.32 Å². The van der Waals surface area contributed by atoms with Gasteiger partial charge < -0.3 is 9.84 Å². The van der Waals surface area contributed by atoms with Gasteiger partial charge in [0.1, 0.15) is 6.07 Å². The van der Waals surface area contributed by atoms with E-state index in [2.05, 4.69) is 26.0 Å². The fourth-order valence-electron chi connectivity index (χ4n) is 1.20. The average molecular weight is 235 g/mol. The molecule has 5 nitrogen and oxygen atoms in total. The van der Waals surface area contributed by atoms with E-state index in [1.54, 1.807) is 18.2 Å². The lowest BCUT2D eigenvalue weighted by atomic mass is 10.2. The SMILES string of the molecule is N#Cc1ccc(Cl)cc1NCc1ncon1. The van der Waals surface area contributed by atoms with Crippen LogP contribution in [0.5, 0.6) is 0 Å². The van der Waals surface area contributed by atoms with E-state index >= 15 is 0 Å². The molecule has 1 aromatic heterocycles. The number of nitrogens with zero attached hydrogens (tertiary/aromatic N) is 3. The van der Waals surface area contributed by atoms with Crippen LogP contribution in [-0.4, -0.2) is 10.1 Å². The van der Waals surface area contributed by atoms with Gasteiger partial charge in [0.05, 0.1) is 17.8 Å². The zero-order chi connectivity index (χ0) is 11.4. The lowest BCUT2D eigenvalue weighted by molar-refractivity contribution is 0.411. The van der Waals surface area contributed by atoms with E-state index in [1.165, 1.54) is 6.39 Å². The van der Waals surface area contributed by atoms with Gasteiger partial charge in [0.2, 0.25) is 6.39 Å². The minimum atomic E-state index is 0.380. The van der Waals surface area contributed by atoms with Crippen LogP contribution in [0.3, 0.4) is 0 Å². The number of anilines is 1. The summed E-state index contributed by atoms with van der Waals surface area (Å²) in [6.07, 6.45) is 1.25. The van der Waals surface area contributed by atoms with E-state index in [-0.39, 0.29) is 0 Å². The Bertz CT molecular complexity index is 518. The third-order valence-electron chi connectivity index (χ3n) is 1.95. The van der Waals surface area contributed by atoms with Crippen LogP contribution in [0.4, 0.5) is 5.69 Å². The molecule has 6 heteroatoms. The fraction of sp³-hybridized carbons (Fsp3) is 0.100. The molecule has 0 saturated carbocycles. The molecule has 1 N–H and O–H groups in total. The molecular weight excluding hydrogens is 228 g/mol. The molecule has 0 unspecified atom stereocenters. The van der Waals surface area contributed by atoms with Gasteiger partial charge in [-0.25, -0.2) is 0 Å². The van der Waals surface area contributed by atoms with Crippen molar-refractivity contribution in [3.8, 4) is 6.07 Å². The van der Waals surface area contributed by atoms with Crippen LogP contribution in [0.15, 0.2) is 29.1 Å². The minimum absolute atomic E-state index is 0.380. The normalized spacial score (nSPS) is 9.75. The Balaban J connectivity index is 2.15. The van der Waals surface area contributed by atoms with Crippen molar-refractivity contribution < 1.29 is 4.52 Å². The van der Waals surface area contributed by atoms with Gasteiger partial charge in [-0.2, -0.15) is 10.2 Å². The number of nitriles is 1. The molecule has 2 aromatic rings. The molecule has 0 aliphatic heterocycles. The second-order valence-corrected chi connectivity index (χ2v) is 3.44. The van der Waals surface area contributed by atoms with E-state index < -0.39 is 0 Å². The number of rotatable bonds is 3. The van der Waals surface area contributed by atoms with Crippen molar-refractivity contribution in [3.05, 3.63) is 41.0 Å². The Hall–Kier alpha value is -2.06. The highest BCUT2D eigenvalue weighted by atomic mass is 35.5. The third-order valence-corrected chi connectivity index (χ3v) is 2.18. The first kappa shape index (κ1) is 10.5. The number of nitrogens with one attached hydrogen (secondary N) is 1. The molecule has 0 atom stereocenters. The Labute approximate surface area is 96.6 Å². The third kappa shape index (κ3) is 2.30. The lowest BCUT2D eigenvalue weighted by Gasteiger charge is -2.05. The van der Waals surface area contributed by atoms with Gasteiger partial charge >= 0.3 is 0 Å². The van der Waals surface area contributed by atoms with E-state index in [0.29, 0.717) is 28.6 Å². The molecule has 80 valence electrons. The smallest absolute Gasteiger partial charge is 0.213 e. The van der Waals surface area contributed by atoms with Gasteiger partial charge in [-0.1, -0.05) is 16.8 Å². The summed E-state index contributed by atoms with van der Waals surface area (Å²) >= 11 is 5.84. The predicted molar refractivity (Wildman–Crippen MR) is 57.8 cm³/mol. The van der Waals surface area contributed by atoms with E-state index in [4.69, 9.17) is 16.9 Å². The molecule has 0 radical (unpaired) electrons. The number of aromatic nitrogens is 2. The van der Waals surface area contributed by atoms with Crippen LogP contribution in [0, 0.1) is 11.3 Å². The molecule has 0 fully saturated rings. The Kier molecular flexibility index (Phi) is 3.03. The van der Waals surface area contributed by atoms with Gasteiger partial charge in [-0.3, -0.25) is 0 Å². The summed E-state index contributed by atoms with van der Waals surface area (Å²) in [6, 6.07) is 7.07. The van der Waals surface area contributed by atoms with Gasteiger partial charge in [-0.05, 0) is 18.2 Å². The van der Waals surface area contributed by atoms with Gasteiger partial charge in [0, 0.05) is 5.02 Å². The second-order valence-electron chi connectivity index (χ2n) is 3.00. The zero-order valence-electron chi connectivity index (χ0n) is 8.14. The average Bonchev–Trinajstić information content (AvgIpc) is 2.79. The molecule has 16 heavy (non-hydrogen) atoms. The number of halogens is 1. The summed E-state index contributed by atoms with van der Waals surface area (Å²) in [5.74, 6) is 0.517. The maximum Gasteiger partial charge on any atom is 0.213 e. The molecule has 0 amide bonds. The fourth-order valence-corrected chi connectivity index (χ4v) is 1.38. The highest BCUT2D eigenvalue weighted by Gasteiger charge is 2.04. The monoisotopic (exact) mass is 234 g/mol. The quantitative estimate of drug-likeness (QED) is 0.881. The number of benzene rings is 1. The number of hydrogen-bond donors (Lipinski definition) is 1. The van der Waals surface area contributed by atoms with Crippen molar-refractivity contribution in [2.45, 2.75) is 6.54 Å². The Morgan fingerprint density at radius 2 is 2.38 bits per heavy atom. The molecule has 0 aliphatic carbocycles. The molecule has 1 aromatic carbocycles. The lowest BCUT2D eigenvalue weighted by Crippen LogP contribution is -2.02. The molecule has 1 heterocycles. The van der Waals surface area contributed by atoms with Crippen LogP contribution >= 0.6 is 11.6 Å². The summed E-state index contributed by atoms with van der Waals surface area (Å²) < 4.78 is 4.59. The Morgan fingerprint density at radius 3 is 3.06 bits per heavy atom. The maximum absolute atomic E-state index is 8.88. The molecule has 0 aliphatic rings. The van der Waals surface area contributed by atoms with E-state index in [1.807, 2.05) is 0 Å². The Morgan fingerprint density at radius 1 is 1.50 bits per heavy atom. The minimum Gasteiger partial charge on any atom is -0.376 e. The first-order chi connectivity index (χ1) is 7.79. The highest BCUT2D eigenvalue weighted by molar-refractivity contribution is 6.30. The van der Waals surface area contributed by atoms with Crippen LogP contribution in [0.1, 0.15) is 11.4 Å². The van der Waals surface area contributed by atoms with Gasteiger partial charge in [-0.15, -0.1) is 0 Å². The largest absolute Gasteiger partial charge is 0.376 e. The van der Waals surface area contributed by atoms with Crippen molar-refractivity contribution in [3.63, 3.8) is 0 Å². The van der Waals surface area contributed by atoms with E-state index in [0.717, 1.165) is 0 Å². The van der Waals surface area contributed by atoms with Gasteiger partial charge in [0.25, 0.3) is 0 Å². The summed E-state index contributed by atoms with van der Waals surface area (Å²) in [5, 5.41) is 16.1. The van der Waals surface area contributed by atoms with Crippen LogP contribution < -0.4 is 5.32 Å². The van der Waals surface area contributed by atoms with E-state index in [9.17, 15) is 0 Å². The van der Waals surface area contributed by atoms with Crippen molar-refractivity contribution in [1.29, 1.82) is 5.26 Å². The summed E-state index contributed by atoms with van der Waals surface area (Å²) in [5.41, 5.74) is 1.17. The van der Waals surface area contributed by atoms with Gasteiger partial charge in [0.15, 0.2) is 5.82 Å². The summed E-state index contributed by atoms with van der Waals surface area (Å²) in [7, 11) is 0. The van der Waals surface area contributed by atoms with Crippen molar-refractivity contribution in [2.24, 2.45) is 0 Å². The van der Waals surface area contributed by atoms with Crippen LogP contribution in [0.25, 0.3) is 0 Å². The molecule has 0 bridgehead atoms. The maximum atomic E-state index is 8.88. The molecular formula is C10H7ClN4O. The predicted octanol–water partition coefficient (Wildman–Crippen LogP) is 2.21. The van der Waals surface area contributed by atoms with Crippen LogP contribution in [-0.2, 0) is 6.54 Å².